The van der Waals surface area contributed by atoms with Gasteiger partial charge in [-0.15, -0.1) is 0 Å². The van der Waals surface area contributed by atoms with Crippen LogP contribution in [0.3, 0.4) is 0 Å². The zero-order valence-corrected chi connectivity index (χ0v) is 13.8. The molecule has 0 aliphatic carbocycles. The fourth-order valence-electron chi connectivity index (χ4n) is 3.06. The number of amides is 2. The molecular formula is C18H20N2O3. The molecule has 2 heterocycles. The summed E-state index contributed by atoms with van der Waals surface area (Å²) in [7, 11) is 0. The molecule has 0 bridgehead atoms. The number of carbonyl (C=O) groups excluding carboxylic acids is 2. The molecule has 1 aromatic carbocycles. The number of hydrogen-bond donors (Lipinski definition) is 0. The predicted octanol–water partition coefficient (Wildman–Crippen LogP) is 3.30. The van der Waals surface area contributed by atoms with E-state index < -0.39 is 0 Å². The molecule has 2 amide bonds. The molecule has 23 heavy (non-hydrogen) atoms. The molecule has 0 saturated heterocycles. The molecule has 0 N–H and O–H groups in total. The topological polar surface area (TPSA) is 53.8 Å². The number of nitrogens with zero attached hydrogens (tertiary/aromatic N) is 2. The Kier molecular flexibility index (Phi) is 3.72. The van der Waals surface area contributed by atoms with Crippen LogP contribution in [0.1, 0.15) is 35.7 Å². The first-order valence-electron chi connectivity index (χ1n) is 7.68. The highest BCUT2D eigenvalue weighted by Crippen LogP contribution is 2.36. The molecule has 120 valence electrons. The molecule has 1 aliphatic heterocycles. The first kappa shape index (κ1) is 15.3. The molecule has 0 radical (unpaired) electrons. The van der Waals surface area contributed by atoms with E-state index in [-0.39, 0.29) is 17.9 Å². The number of benzene rings is 1. The minimum absolute atomic E-state index is 0.0262. The lowest BCUT2D eigenvalue weighted by Gasteiger charge is -2.40. The Morgan fingerprint density at radius 2 is 1.83 bits per heavy atom. The average molecular weight is 312 g/mol. The lowest BCUT2D eigenvalue weighted by molar-refractivity contribution is -0.117. The van der Waals surface area contributed by atoms with E-state index in [4.69, 9.17) is 4.42 Å². The van der Waals surface area contributed by atoms with Gasteiger partial charge in [-0.25, -0.2) is 0 Å². The monoisotopic (exact) mass is 312 g/mol. The summed E-state index contributed by atoms with van der Waals surface area (Å²) < 4.78 is 5.58. The maximum absolute atomic E-state index is 12.9. The number of hydrogen-bond acceptors (Lipinski definition) is 3. The number of furan rings is 1. The van der Waals surface area contributed by atoms with Gasteiger partial charge in [-0.05, 0) is 44.5 Å². The molecule has 0 unspecified atom stereocenters. The van der Waals surface area contributed by atoms with Crippen LogP contribution in [-0.2, 0) is 4.79 Å². The van der Waals surface area contributed by atoms with Crippen LogP contribution in [0.4, 0.5) is 11.4 Å². The second-order valence-corrected chi connectivity index (χ2v) is 5.99. The van der Waals surface area contributed by atoms with Gasteiger partial charge < -0.3 is 14.2 Å². The summed E-state index contributed by atoms with van der Waals surface area (Å²) >= 11 is 0. The van der Waals surface area contributed by atoms with Crippen LogP contribution < -0.4 is 9.80 Å². The van der Waals surface area contributed by atoms with Gasteiger partial charge in [0.15, 0.2) is 5.76 Å². The first-order valence-corrected chi connectivity index (χ1v) is 7.68. The van der Waals surface area contributed by atoms with Gasteiger partial charge in [-0.1, -0.05) is 12.1 Å². The van der Waals surface area contributed by atoms with E-state index in [1.54, 1.807) is 22.8 Å². The van der Waals surface area contributed by atoms with Gasteiger partial charge >= 0.3 is 0 Å². The molecule has 0 saturated carbocycles. The molecule has 5 nitrogen and oxygen atoms in total. The van der Waals surface area contributed by atoms with Gasteiger partial charge in [0, 0.05) is 13.5 Å². The van der Waals surface area contributed by atoms with Crippen molar-refractivity contribution in [2.45, 2.75) is 33.7 Å². The number of rotatable bonds is 1. The van der Waals surface area contributed by atoms with Crippen molar-refractivity contribution in [3.8, 4) is 0 Å². The van der Waals surface area contributed by atoms with Crippen molar-refractivity contribution in [3.05, 3.63) is 47.4 Å². The van der Waals surface area contributed by atoms with Crippen molar-refractivity contribution in [1.82, 2.24) is 0 Å². The number of anilines is 2. The van der Waals surface area contributed by atoms with E-state index in [9.17, 15) is 9.59 Å². The molecular weight excluding hydrogens is 292 g/mol. The van der Waals surface area contributed by atoms with Gasteiger partial charge in [0.25, 0.3) is 5.91 Å². The van der Waals surface area contributed by atoms with Crippen molar-refractivity contribution in [3.63, 3.8) is 0 Å². The molecule has 1 atom stereocenters. The largest absolute Gasteiger partial charge is 0.456 e. The molecule has 2 aromatic rings. The maximum atomic E-state index is 12.9. The third kappa shape index (κ3) is 2.52. The smallest absolute Gasteiger partial charge is 0.294 e. The second kappa shape index (κ2) is 5.57. The SMILES string of the molecule is CC(=O)N1c2ccccc2N(C(=O)c2cc(C)c(C)o2)C[C@@H]1C. The van der Waals surface area contributed by atoms with Crippen molar-refractivity contribution in [2.24, 2.45) is 0 Å². The van der Waals surface area contributed by atoms with E-state index in [0.717, 1.165) is 22.7 Å². The Hall–Kier alpha value is -2.56. The fraction of sp³-hybridized carbons (Fsp3) is 0.333. The van der Waals surface area contributed by atoms with Gasteiger partial charge in [0.2, 0.25) is 5.91 Å². The Morgan fingerprint density at radius 1 is 1.17 bits per heavy atom. The highest BCUT2D eigenvalue weighted by Gasteiger charge is 2.34. The summed E-state index contributed by atoms with van der Waals surface area (Å²) in [6.07, 6.45) is 0. The van der Waals surface area contributed by atoms with Crippen LogP contribution in [0.5, 0.6) is 0 Å². The zero-order chi connectivity index (χ0) is 16.7. The molecule has 1 aliphatic rings. The minimum atomic E-state index is -0.177. The van der Waals surface area contributed by atoms with Crippen molar-refractivity contribution in [1.29, 1.82) is 0 Å². The Bertz CT molecular complexity index is 759. The lowest BCUT2D eigenvalue weighted by Crippen LogP contribution is -2.51. The first-order chi connectivity index (χ1) is 10.9. The van der Waals surface area contributed by atoms with Crippen LogP contribution in [0.2, 0.25) is 0 Å². The van der Waals surface area contributed by atoms with E-state index in [0.29, 0.717) is 12.3 Å². The Balaban J connectivity index is 2.05. The molecule has 3 rings (SSSR count). The summed E-state index contributed by atoms with van der Waals surface area (Å²) in [6, 6.07) is 9.14. The maximum Gasteiger partial charge on any atom is 0.294 e. The summed E-state index contributed by atoms with van der Waals surface area (Å²) in [5.41, 5.74) is 2.45. The van der Waals surface area contributed by atoms with E-state index in [1.807, 2.05) is 45.0 Å². The number of carbonyl (C=O) groups is 2. The number of fused-ring (bicyclic) bond motifs is 1. The van der Waals surface area contributed by atoms with Crippen LogP contribution in [0.25, 0.3) is 0 Å². The van der Waals surface area contributed by atoms with E-state index in [1.165, 1.54) is 0 Å². The summed E-state index contributed by atoms with van der Waals surface area (Å²) in [6.45, 7) is 7.69. The predicted molar refractivity (Wildman–Crippen MR) is 88.9 cm³/mol. The van der Waals surface area contributed by atoms with Crippen LogP contribution in [0, 0.1) is 13.8 Å². The summed E-state index contributed by atoms with van der Waals surface area (Å²) in [4.78, 5) is 28.3. The standard InChI is InChI=1S/C18H20N2O3/c1-11-9-17(23-13(11)3)18(22)19-10-12(2)20(14(4)21)16-8-6-5-7-15(16)19/h5-9,12H,10H2,1-4H3/t12-/m0/s1. The van der Waals surface area contributed by atoms with Crippen LogP contribution in [-0.4, -0.2) is 24.4 Å². The summed E-state index contributed by atoms with van der Waals surface area (Å²) in [5.74, 6) is 0.876. The highest BCUT2D eigenvalue weighted by atomic mass is 16.4. The third-order valence-corrected chi connectivity index (χ3v) is 4.28. The van der Waals surface area contributed by atoms with Crippen LogP contribution >= 0.6 is 0 Å². The Morgan fingerprint density at radius 3 is 2.39 bits per heavy atom. The molecule has 5 heteroatoms. The second-order valence-electron chi connectivity index (χ2n) is 5.99. The van der Waals surface area contributed by atoms with Crippen molar-refractivity contribution in [2.75, 3.05) is 16.3 Å². The van der Waals surface area contributed by atoms with E-state index in [2.05, 4.69) is 0 Å². The van der Waals surface area contributed by atoms with E-state index >= 15 is 0 Å². The van der Waals surface area contributed by atoms with Gasteiger partial charge in [-0.3, -0.25) is 9.59 Å². The highest BCUT2D eigenvalue weighted by molar-refractivity contribution is 6.09. The summed E-state index contributed by atoms with van der Waals surface area (Å²) in [5, 5.41) is 0. The normalized spacial score (nSPS) is 17.1. The quantitative estimate of drug-likeness (QED) is 0.812. The molecule has 0 fully saturated rings. The molecule has 0 spiro atoms. The minimum Gasteiger partial charge on any atom is -0.456 e. The van der Waals surface area contributed by atoms with Gasteiger partial charge in [0.05, 0.1) is 17.4 Å². The fourth-order valence-corrected chi connectivity index (χ4v) is 3.06. The average Bonchev–Trinajstić information content (AvgIpc) is 2.84. The number of para-hydroxylation sites is 2. The third-order valence-electron chi connectivity index (χ3n) is 4.28. The number of aryl methyl sites for hydroxylation is 2. The molecule has 1 aromatic heterocycles. The lowest BCUT2D eigenvalue weighted by atomic mass is 10.1. The van der Waals surface area contributed by atoms with Crippen LogP contribution in [0.15, 0.2) is 34.7 Å². The zero-order valence-electron chi connectivity index (χ0n) is 13.8. The Labute approximate surface area is 135 Å². The van der Waals surface area contributed by atoms with Gasteiger partial charge in [-0.2, -0.15) is 0 Å². The van der Waals surface area contributed by atoms with Crippen molar-refractivity contribution < 1.29 is 14.0 Å². The van der Waals surface area contributed by atoms with Crippen molar-refractivity contribution >= 4 is 23.2 Å². The van der Waals surface area contributed by atoms with Gasteiger partial charge in [0.1, 0.15) is 5.76 Å².